The molecule has 16 heavy (non-hydrogen) atoms. The Morgan fingerprint density at radius 1 is 1.38 bits per heavy atom. The van der Waals surface area contributed by atoms with Crippen LogP contribution in [0.2, 0.25) is 25.7 Å². The van der Waals surface area contributed by atoms with Gasteiger partial charge in [0.25, 0.3) is 0 Å². The van der Waals surface area contributed by atoms with Crippen molar-refractivity contribution in [3.8, 4) is 0 Å². The van der Waals surface area contributed by atoms with Crippen LogP contribution in [0.4, 0.5) is 0 Å². The van der Waals surface area contributed by atoms with Gasteiger partial charge in [-0.2, -0.15) is 5.10 Å². The summed E-state index contributed by atoms with van der Waals surface area (Å²) >= 11 is 0. The fraction of sp³-hybridized carbons (Fsp3) is 0.750. The third kappa shape index (κ3) is 4.94. The first-order valence-corrected chi connectivity index (χ1v) is 9.69. The molecule has 0 N–H and O–H groups in total. The molecule has 0 bridgehead atoms. The van der Waals surface area contributed by atoms with Crippen molar-refractivity contribution < 1.29 is 4.74 Å². The summed E-state index contributed by atoms with van der Waals surface area (Å²) in [5.41, 5.74) is 1.27. The van der Waals surface area contributed by atoms with E-state index in [1.54, 1.807) is 0 Å². The topological polar surface area (TPSA) is 27.1 Å². The average molecular weight is 240 g/mol. The van der Waals surface area contributed by atoms with Gasteiger partial charge in [-0.05, 0) is 17.5 Å². The van der Waals surface area contributed by atoms with Gasteiger partial charge in [0.1, 0.15) is 6.73 Å². The van der Waals surface area contributed by atoms with Gasteiger partial charge in [-0.1, -0.05) is 33.5 Å². The van der Waals surface area contributed by atoms with E-state index in [1.165, 1.54) is 11.6 Å². The summed E-state index contributed by atoms with van der Waals surface area (Å²) in [6, 6.07) is 1.21. The van der Waals surface area contributed by atoms with Crippen molar-refractivity contribution in [2.45, 2.75) is 52.2 Å². The Morgan fingerprint density at radius 3 is 2.56 bits per heavy atom. The van der Waals surface area contributed by atoms with Crippen LogP contribution in [-0.4, -0.2) is 24.5 Å². The van der Waals surface area contributed by atoms with Gasteiger partial charge < -0.3 is 4.74 Å². The molecule has 0 saturated heterocycles. The van der Waals surface area contributed by atoms with Crippen molar-refractivity contribution in [2.24, 2.45) is 0 Å². The summed E-state index contributed by atoms with van der Waals surface area (Å²) in [6.45, 7) is 12.9. The molecule has 0 atom stereocenters. The van der Waals surface area contributed by atoms with E-state index in [1.807, 2.05) is 10.9 Å². The molecule has 0 saturated carbocycles. The Balaban J connectivity index is 2.27. The van der Waals surface area contributed by atoms with Crippen LogP contribution in [0.25, 0.3) is 0 Å². The molecule has 1 aromatic heterocycles. The van der Waals surface area contributed by atoms with E-state index < -0.39 is 8.07 Å². The third-order valence-electron chi connectivity index (χ3n) is 2.54. The molecular formula is C12H24N2OSi. The van der Waals surface area contributed by atoms with Gasteiger partial charge >= 0.3 is 0 Å². The molecule has 4 heteroatoms. The summed E-state index contributed by atoms with van der Waals surface area (Å²) in [6.07, 6.45) is 3.99. The third-order valence-corrected chi connectivity index (χ3v) is 4.24. The number of hydrogen-bond acceptors (Lipinski definition) is 2. The number of hydrogen-bond donors (Lipinski definition) is 0. The van der Waals surface area contributed by atoms with E-state index in [2.05, 4.69) is 44.8 Å². The monoisotopic (exact) mass is 240 g/mol. The molecule has 0 spiro atoms. The normalized spacial score (nSPS) is 12.4. The second-order valence-corrected chi connectivity index (χ2v) is 11.4. The smallest absolute Gasteiger partial charge is 0.139 e. The molecule has 0 amide bonds. The SMILES string of the molecule is CC(C)c1cnn(COCC[Si](C)(C)C)c1. The Kier molecular flexibility index (Phi) is 4.74. The molecule has 0 unspecified atom stereocenters. The zero-order chi connectivity index (χ0) is 12.2. The summed E-state index contributed by atoms with van der Waals surface area (Å²) in [7, 11) is -0.963. The van der Waals surface area contributed by atoms with Gasteiger partial charge in [0.2, 0.25) is 0 Å². The lowest BCUT2D eigenvalue weighted by molar-refractivity contribution is 0.0785. The fourth-order valence-electron chi connectivity index (χ4n) is 1.28. The zero-order valence-electron chi connectivity index (χ0n) is 11.2. The fourth-order valence-corrected chi connectivity index (χ4v) is 2.04. The molecule has 0 aliphatic heterocycles. The van der Waals surface area contributed by atoms with E-state index in [4.69, 9.17) is 4.74 Å². The van der Waals surface area contributed by atoms with Crippen LogP contribution in [-0.2, 0) is 11.5 Å². The number of ether oxygens (including phenoxy) is 1. The van der Waals surface area contributed by atoms with E-state index in [-0.39, 0.29) is 0 Å². The van der Waals surface area contributed by atoms with Crippen LogP contribution in [0.1, 0.15) is 25.3 Å². The Bertz CT molecular complexity index is 315. The van der Waals surface area contributed by atoms with E-state index in [0.717, 1.165) is 6.61 Å². The second-order valence-electron chi connectivity index (χ2n) is 5.82. The van der Waals surface area contributed by atoms with Crippen LogP contribution < -0.4 is 0 Å². The first-order valence-electron chi connectivity index (χ1n) is 5.98. The van der Waals surface area contributed by atoms with Gasteiger partial charge in [-0.3, -0.25) is 0 Å². The standard InChI is InChI=1S/C12H24N2OSi/c1-11(2)12-8-13-14(9-12)10-15-6-7-16(3,4)5/h8-9,11H,6-7,10H2,1-5H3. The molecule has 1 aromatic rings. The average Bonchev–Trinajstić information content (AvgIpc) is 2.59. The minimum absolute atomic E-state index is 0.538. The van der Waals surface area contributed by atoms with Crippen molar-refractivity contribution in [1.82, 2.24) is 9.78 Å². The van der Waals surface area contributed by atoms with Crippen LogP contribution in [0, 0.1) is 0 Å². The molecule has 0 aliphatic carbocycles. The molecule has 3 nitrogen and oxygen atoms in total. The highest BCUT2D eigenvalue weighted by molar-refractivity contribution is 6.76. The Morgan fingerprint density at radius 2 is 2.06 bits per heavy atom. The van der Waals surface area contributed by atoms with Crippen molar-refractivity contribution in [1.29, 1.82) is 0 Å². The van der Waals surface area contributed by atoms with E-state index in [9.17, 15) is 0 Å². The molecule has 1 rings (SSSR count). The summed E-state index contributed by atoms with van der Waals surface area (Å²) in [5, 5.41) is 4.27. The lowest BCUT2D eigenvalue weighted by Crippen LogP contribution is -2.22. The molecule has 92 valence electrons. The van der Waals surface area contributed by atoms with Crippen molar-refractivity contribution in [2.75, 3.05) is 6.61 Å². The van der Waals surface area contributed by atoms with Gasteiger partial charge in [0.15, 0.2) is 0 Å². The maximum absolute atomic E-state index is 5.62. The minimum atomic E-state index is -0.963. The maximum atomic E-state index is 5.62. The number of nitrogens with zero attached hydrogens (tertiary/aromatic N) is 2. The molecule has 0 aromatic carbocycles. The lowest BCUT2D eigenvalue weighted by Gasteiger charge is -2.15. The Hall–Kier alpha value is -0.613. The predicted molar refractivity (Wildman–Crippen MR) is 70.4 cm³/mol. The van der Waals surface area contributed by atoms with Crippen molar-refractivity contribution in [3.05, 3.63) is 18.0 Å². The molecule has 0 fully saturated rings. The zero-order valence-corrected chi connectivity index (χ0v) is 12.2. The highest BCUT2D eigenvalue weighted by atomic mass is 28.3. The first kappa shape index (κ1) is 13.5. The number of rotatable bonds is 6. The largest absolute Gasteiger partial charge is 0.360 e. The highest BCUT2D eigenvalue weighted by Crippen LogP contribution is 2.12. The molecule has 1 heterocycles. The van der Waals surface area contributed by atoms with Crippen LogP contribution in [0.15, 0.2) is 12.4 Å². The summed E-state index contributed by atoms with van der Waals surface area (Å²) in [5.74, 6) is 0.538. The number of aromatic nitrogens is 2. The molecule has 0 radical (unpaired) electrons. The minimum Gasteiger partial charge on any atom is -0.360 e. The van der Waals surface area contributed by atoms with Gasteiger partial charge in [-0.25, -0.2) is 4.68 Å². The lowest BCUT2D eigenvalue weighted by atomic mass is 10.1. The predicted octanol–water partition coefficient (Wildman–Crippen LogP) is 3.32. The van der Waals surface area contributed by atoms with Crippen LogP contribution in [0.3, 0.4) is 0 Å². The quantitative estimate of drug-likeness (QED) is 0.563. The van der Waals surface area contributed by atoms with Crippen LogP contribution >= 0.6 is 0 Å². The van der Waals surface area contributed by atoms with Gasteiger partial charge in [0, 0.05) is 20.9 Å². The van der Waals surface area contributed by atoms with Crippen LogP contribution in [0.5, 0.6) is 0 Å². The van der Waals surface area contributed by atoms with Crippen molar-refractivity contribution >= 4 is 8.07 Å². The summed E-state index contributed by atoms with van der Waals surface area (Å²) in [4.78, 5) is 0. The Labute approximate surface area is 99.8 Å². The molecular weight excluding hydrogens is 216 g/mol. The van der Waals surface area contributed by atoms with E-state index in [0.29, 0.717) is 12.6 Å². The van der Waals surface area contributed by atoms with E-state index >= 15 is 0 Å². The molecule has 0 aliphatic rings. The summed E-state index contributed by atoms with van der Waals surface area (Å²) < 4.78 is 7.50. The second kappa shape index (κ2) is 5.64. The first-order chi connectivity index (χ1) is 7.38. The van der Waals surface area contributed by atoms with Gasteiger partial charge in [0.05, 0.1) is 6.20 Å². The van der Waals surface area contributed by atoms with Crippen molar-refractivity contribution in [3.63, 3.8) is 0 Å². The highest BCUT2D eigenvalue weighted by Gasteiger charge is 2.12. The maximum Gasteiger partial charge on any atom is 0.139 e. The van der Waals surface area contributed by atoms with Gasteiger partial charge in [-0.15, -0.1) is 0 Å².